The minimum absolute atomic E-state index is 0.241. The Kier molecular flexibility index (Phi) is 6.06. The maximum absolute atomic E-state index is 4.68. The molecule has 0 aliphatic rings. The maximum atomic E-state index is 4.68. The Morgan fingerprint density at radius 2 is 1.89 bits per heavy atom. The standard InChI is InChI=1S/C15H28BrN3/c1-7-11-14(16)12(19(9-3)18-11)10-13(17-8-2)15(4,5)6/h13,17H,7-10H2,1-6H3. The molecule has 0 aliphatic carbocycles. The molecule has 0 saturated carbocycles. The van der Waals surface area contributed by atoms with E-state index in [1.54, 1.807) is 0 Å². The molecule has 0 radical (unpaired) electrons. The number of aryl methyl sites for hydroxylation is 2. The summed E-state index contributed by atoms with van der Waals surface area (Å²) in [6.07, 6.45) is 1.99. The fraction of sp³-hybridized carbons (Fsp3) is 0.800. The Bertz CT molecular complexity index is 404. The highest BCUT2D eigenvalue weighted by Gasteiger charge is 2.27. The minimum Gasteiger partial charge on any atom is -0.313 e. The molecule has 1 heterocycles. The summed E-state index contributed by atoms with van der Waals surface area (Å²) in [5.41, 5.74) is 2.73. The van der Waals surface area contributed by atoms with Crippen molar-refractivity contribution in [2.45, 2.75) is 67.0 Å². The third-order valence-corrected chi connectivity index (χ3v) is 4.50. The lowest BCUT2D eigenvalue weighted by atomic mass is 9.84. The molecule has 1 rings (SSSR count). The Morgan fingerprint density at radius 1 is 1.26 bits per heavy atom. The first-order valence-corrected chi connectivity index (χ1v) is 8.11. The molecule has 0 spiro atoms. The molecule has 0 aromatic carbocycles. The Balaban J connectivity index is 3.05. The summed E-state index contributed by atoms with van der Waals surface area (Å²) in [7, 11) is 0. The van der Waals surface area contributed by atoms with Crippen LogP contribution in [0.5, 0.6) is 0 Å². The average Bonchev–Trinajstić information content (AvgIpc) is 2.64. The first kappa shape index (κ1) is 16.7. The summed E-state index contributed by atoms with van der Waals surface area (Å²) in [5.74, 6) is 0. The van der Waals surface area contributed by atoms with E-state index in [2.05, 4.69) is 72.6 Å². The van der Waals surface area contributed by atoms with E-state index in [0.717, 1.165) is 25.9 Å². The summed E-state index contributed by atoms with van der Waals surface area (Å²) in [4.78, 5) is 0. The van der Waals surface area contributed by atoms with Crippen LogP contribution >= 0.6 is 15.9 Å². The van der Waals surface area contributed by atoms with Crippen LogP contribution in [0, 0.1) is 5.41 Å². The first-order valence-electron chi connectivity index (χ1n) is 7.32. The SMILES string of the molecule is CCNC(Cc1c(Br)c(CC)nn1CC)C(C)(C)C. The fourth-order valence-electron chi connectivity index (χ4n) is 2.34. The Labute approximate surface area is 126 Å². The Morgan fingerprint density at radius 3 is 2.32 bits per heavy atom. The van der Waals surface area contributed by atoms with Gasteiger partial charge in [-0.15, -0.1) is 0 Å². The number of hydrogen-bond donors (Lipinski definition) is 1. The quantitative estimate of drug-likeness (QED) is 0.860. The number of halogens is 1. The minimum atomic E-state index is 0.241. The van der Waals surface area contributed by atoms with Crippen molar-refractivity contribution in [1.29, 1.82) is 0 Å². The average molecular weight is 330 g/mol. The Hall–Kier alpha value is -0.350. The lowest BCUT2D eigenvalue weighted by molar-refractivity contribution is 0.266. The number of nitrogens with one attached hydrogen (secondary N) is 1. The second-order valence-electron chi connectivity index (χ2n) is 6.06. The second-order valence-corrected chi connectivity index (χ2v) is 6.85. The van der Waals surface area contributed by atoms with Crippen LogP contribution in [0.3, 0.4) is 0 Å². The summed E-state index contributed by atoms with van der Waals surface area (Å²) in [6, 6.07) is 0.459. The normalized spacial score (nSPS) is 13.8. The van der Waals surface area contributed by atoms with Gasteiger partial charge >= 0.3 is 0 Å². The molecular weight excluding hydrogens is 302 g/mol. The smallest absolute Gasteiger partial charge is 0.0766 e. The molecule has 3 nitrogen and oxygen atoms in total. The summed E-state index contributed by atoms with van der Waals surface area (Å²) >= 11 is 3.74. The van der Waals surface area contributed by atoms with Gasteiger partial charge in [0.15, 0.2) is 0 Å². The molecule has 0 amide bonds. The van der Waals surface area contributed by atoms with Crippen molar-refractivity contribution in [3.63, 3.8) is 0 Å². The zero-order chi connectivity index (χ0) is 14.6. The summed E-state index contributed by atoms with van der Waals surface area (Å²) in [5, 5.41) is 8.30. The van der Waals surface area contributed by atoms with Crippen molar-refractivity contribution < 1.29 is 0 Å². The van der Waals surface area contributed by atoms with Crippen molar-refractivity contribution in [1.82, 2.24) is 15.1 Å². The number of aromatic nitrogens is 2. The monoisotopic (exact) mass is 329 g/mol. The molecule has 19 heavy (non-hydrogen) atoms. The molecule has 0 fully saturated rings. The van der Waals surface area contributed by atoms with E-state index in [9.17, 15) is 0 Å². The van der Waals surface area contributed by atoms with Crippen LogP contribution in [0.15, 0.2) is 4.47 Å². The van der Waals surface area contributed by atoms with Gasteiger partial charge in [-0.25, -0.2) is 0 Å². The van der Waals surface area contributed by atoms with Crippen LogP contribution in [0.4, 0.5) is 0 Å². The molecule has 0 bridgehead atoms. The maximum Gasteiger partial charge on any atom is 0.0766 e. The molecule has 0 saturated heterocycles. The van der Waals surface area contributed by atoms with Gasteiger partial charge in [-0.1, -0.05) is 34.6 Å². The zero-order valence-electron chi connectivity index (χ0n) is 13.2. The molecule has 1 N–H and O–H groups in total. The number of nitrogens with zero attached hydrogens (tertiary/aromatic N) is 2. The molecule has 4 heteroatoms. The van der Waals surface area contributed by atoms with Crippen LogP contribution in [0.25, 0.3) is 0 Å². The highest BCUT2D eigenvalue weighted by molar-refractivity contribution is 9.10. The van der Waals surface area contributed by atoms with E-state index < -0.39 is 0 Å². The van der Waals surface area contributed by atoms with E-state index in [1.807, 2.05) is 0 Å². The van der Waals surface area contributed by atoms with Gasteiger partial charge in [0.1, 0.15) is 0 Å². The van der Waals surface area contributed by atoms with Crippen LogP contribution in [0.1, 0.15) is 52.9 Å². The van der Waals surface area contributed by atoms with Crippen molar-refractivity contribution in [2.75, 3.05) is 6.54 Å². The van der Waals surface area contributed by atoms with E-state index in [1.165, 1.54) is 15.9 Å². The first-order chi connectivity index (χ1) is 8.85. The molecule has 110 valence electrons. The predicted octanol–water partition coefficient (Wildman–Crippen LogP) is 3.79. The van der Waals surface area contributed by atoms with Crippen LogP contribution < -0.4 is 5.32 Å². The molecule has 1 unspecified atom stereocenters. The van der Waals surface area contributed by atoms with E-state index in [0.29, 0.717) is 6.04 Å². The third kappa shape index (κ3) is 4.06. The van der Waals surface area contributed by atoms with E-state index >= 15 is 0 Å². The third-order valence-electron chi connectivity index (χ3n) is 3.59. The van der Waals surface area contributed by atoms with Crippen LogP contribution in [0.2, 0.25) is 0 Å². The van der Waals surface area contributed by atoms with Gasteiger partial charge in [-0.05, 0) is 41.2 Å². The van der Waals surface area contributed by atoms with Crippen molar-refractivity contribution in [2.24, 2.45) is 5.41 Å². The number of likely N-dealkylation sites (N-methyl/N-ethyl adjacent to an activating group) is 1. The molecule has 1 atom stereocenters. The van der Waals surface area contributed by atoms with Crippen LogP contribution in [-0.4, -0.2) is 22.4 Å². The highest BCUT2D eigenvalue weighted by Crippen LogP contribution is 2.28. The van der Waals surface area contributed by atoms with E-state index in [-0.39, 0.29) is 5.41 Å². The van der Waals surface area contributed by atoms with Gasteiger partial charge in [0.25, 0.3) is 0 Å². The number of hydrogen-bond acceptors (Lipinski definition) is 2. The zero-order valence-corrected chi connectivity index (χ0v) is 14.8. The lowest BCUT2D eigenvalue weighted by Gasteiger charge is -2.31. The summed E-state index contributed by atoms with van der Waals surface area (Å²) < 4.78 is 3.34. The second kappa shape index (κ2) is 6.89. The van der Waals surface area contributed by atoms with Gasteiger partial charge in [0.05, 0.1) is 15.9 Å². The van der Waals surface area contributed by atoms with Gasteiger partial charge in [-0.3, -0.25) is 4.68 Å². The largest absolute Gasteiger partial charge is 0.313 e. The van der Waals surface area contributed by atoms with Gasteiger partial charge in [0.2, 0.25) is 0 Å². The van der Waals surface area contributed by atoms with Gasteiger partial charge in [-0.2, -0.15) is 5.10 Å². The molecule has 0 aliphatic heterocycles. The number of rotatable bonds is 6. The topological polar surface area (TPSA) is 29.9 Å². The molecule has 1 aromatic rings. The predicted molar refractivity (Wildman–Crippen MR) is 85.6 cm³/mol. The van der Waals surface area contributed by atoms with Gasteiger partial charge < -0.3 is 5.32 Å². The van der Waals surface area contributed by atoms with Crippen molar-refractivity contribution in [3.8, 4) is 0 Å². The van der Waals surface area contributed by atoms with Crippen molar-refractivity contribution in [3.05, 3.63) is 15.9 Å². The molecule has 1 aromatic heterocycles. The fourth-order valence-corrected chi connectivity index (χ4v) is 3.06. The van der Waals surface area contributed by atoms with Gasteiger partial charge in [0, 0.05) is 19.0 Å². The summed E-state index contributed by atoms with van der Waals surface area (Å²) in [6.45, 7) is 15.3. The van der Waals surface area contributed by atoms with Crippen molar-refractivity contribution >= 4 is 15.9 Å². The van der Waals surface area contributed by atoms with Crippen LogP contribution in [-0.2, 0) is 19.4 Å². The lowest BCUT2D eigenvalue weighted by Crippen LogP contribution is -2.42. The molecular formula is C15H28BrN3. The highest BCUT2D eigenvalue weighted by atomic mass is 79.9. The van der Waals surface area contributed by atoms with E-state index in [4.69, 9.17) is 0 Å².